The van der Waals surface area contributed by atoms with E-state index >= 15 is 0 Å². The number of hydrogen-bond acceptors (Lipinski definition) is 4. The summed E-state index contributed by atoms with van der Waals surface area (Å²) in [4.78, 5) is 26.2. The zero-order chi connectivity index (χ0) is 18.1. The lowest BCUT2D eigenvalue weighted by Crippen LogP contribution is -2.45. The van der Waals surface area contributed by atoms with Crippen molar-refractivity contribution in [3.8, 4) is 0 Å². The van der Waals surface area contributed by atoms with Crippen molar-refractivity contribution >= 4 is 35.3 Å². The van der Waals surface area contributed by atoms with Crippen molar-refractivity contribution in [3.63, 3.8) is 0 Å². The van der Waals surface area contributed by atoms with Crippen LogP contribution in [0.3, 0.4) is 0 Å². The van der Waals surface area contributed by atoms with Crippen LogP contribution in [0.2, 0.25) is 10.0 Å². The van der Waals surface area contributed by atoms with Gasteiger partial charge in [-0.05, 0) is 44.9 Å². The monoisotopic (exact) mass is 373 g/mol. The highest BCUT2D eigenvalue weighted by atomic mass is 35.5. The first-order chi connectivity index (χ1) is 11.1. The van der Waals surface area contributed by atoms with E-state index in [4.69, 9.17) is 32.7 Å². The zero-order valence-corrected chi connectivity index (χ0v) is 15.6. The van der Waals surface area contributed by atoms with E-state index < -0.39 is 23.7 Å². The lowest BCUT2D eigenvalue weighted by Gasteiger charge is -2.29. The number of carbonyl (C=O) groups is 2. The molecule has 1 heterocycles. The van der Waals surface area contributed by atoms with Gasteiger partial charge in [-0.25, -0.2) is 9.59 Å². The number of rotatable bonds is 2. The van der Waals surface area contributed by atoms with E-state index in [1.807, 2.05) is 6.07 Å². The van der Waals surface area contributed by atoms with Crippen LogP contribution in [0.15, 0.2) is 18.2 Å². The minimum atomic E-state index is -0.748. The fourth-order valence-corrected chi connectivity index (χ4v) is 3.13. The summed E-state index contributed by atoms with van der Waals surface area (Å²) in [7, 11) is 1.31. The van der Waals surface area contributed by atoms with E-state index in [1.165, 1.54) is 12.0 Å². The van der Waals surface area contributed by atoms with Crippen LogP contribution in [-0.2, 0) is 14.3 Å². The van der Waals surface area contributed by atoms with Crippen molar-refractivity contribution in [1.82, 2.24) is 4.90 Å². The molecular weight excluding hydrogens is 353 g/mol. The molecule has 0 aliphatic carbocycles. The van der Waals surface area contributed by atoms with Crippen molar-refractivity contribution in [2.45, 2.75) is 44.8 Å². The van der Waals surface area contributed by atoms with Gasteiger partial charge in [0, 0.05) is 12.5 Å². The third-order valence-corrected chi connectivity index (χ3v) is 4.58. The van der Waals surface area contributed by atoms with E-state index in [9.17, 15) is 9.59 Å². The topological polar surface area (TPSA) is 55.8 Å². The Morgan fingerprint density at radius 3 is 2.42 bits per heavy atom. The standard InChI is InChI=1S/C17H21Cl2NO4/c1-17(2,3)24-16(22)20-8-7-11(14(20)15(21)23-4)10-5-6-12(18)13(19)9-10/h5-6,9,11,14H,7-8H2,1-4H3/t11-,14+/m0/s1. The van der Waals surface area contributed by atoms with Crippen molar-refractivity contribution < 1.29 is 19.1 Å². The van der Waals surface area contributed by atoms with Crippen LogP contribution in [0, 0.1) is 0 Å². The largest absolute Gasteiger partial charge is 0.467 e. The summed E-state index contributed by atoms with van der Waals surface area (Å²) >= 11 is 12.0. The second-order valence-electron chi connectivity index (χ2n) is 6.71. The summed E-state index contributed by atoms with van der Waals surface area (Å²) in [5.74, 6) is -0.700. The smallest absolute Gasteiger partial charge is 0.411 e. The summed E-state index contributed by atoms with van der Waals surface area (Å²) in [6.07, 6.45) is 0.0808. The highest BCUT2D eigenvalue weighted by Crippen LogP contribution is 2.37. The van der Waals surface area contributed by atoms with E-state index in [0.717, 1.165) is 5.56 Å². The molecule has 0 radical (unpaired) electrons. The molecule has 1 amide bonds. The van der Waals surface area contributed by atoms with Crippen LogP contribution in [0.5, 0.6) is 0 Å². The fourth-order valence-electron chi connectivity index (χ4n) is 2.82. The van der Waals surface area contributed by atoms with Gasteiger partial charge >= 0.3 is 12.1 Å². The number of ether oxygens (including phenoxy) is 2. The minimum Gasteiger partial charge on any atom is -0.467 e. The molecule has 1 aromatic rings. The Morgan fingerprint density at radius 2 is 1.88 bits per heavy atom. The van der Waals surface area contributed by atoms with Crippen molar-refractivity contribution in [2.75, 3.05) is 13.7 Å². The molecule has 0 bridgehead atoms. The average molecular weight is 374 g/mol. The Labute approximate surface area is 151 Å². The van der Waals surface area contributed by atoms with Gasteiger partial charge in [-0.2, -0.15) is 0 Å². The number of carbonyl (C=O) groups excluding carboxylic acids is 2. The molecule has 1 aliphatic rings. The predicted octanol–water partition coefficient (Wildman–Crippen LogP) is 4.26. The number of likely N-dealkylation sites (tertiary alicyclic amines) is 1. The van der Waals surface area contributed by atoms with Crippen LogP contribution in [0.4, 0.5) is 4.79 Å². The van der Waals surface area contributed by atoms with Crippen LogP contribution in [-0.4, -0.2) is 42.3 Å². The van der Waals surface area contributed by atoms with Gasteiger partial charge in [0.2, 0.25) is 0 Å². The van der Waals surface area contributed by atoms with Crippen LogP contribution < -0.4 is 0 Å². The molecule has 0 saturated carbocycles. The Kier molecular flexibility index (Phi) is 5.66. The van der Waals surface area contributed by atoms with Gasteiger partial charge < -0.3 is 9.47 Å². The number of esters is 1. The van der Waals surface area contributed by atoms with Crippen LogP contribution >= 0.6 is 23.2 Å². The zero-order valence-electron chi connectivity index (χ0n) is 14.1. The van der Waals surface area contributed by atoms with E-state index in [0.29, 0.717) is 23.0 Å². The number of amides is 1. The maximum Gasteiger partial charge on any atom is 0.411 e. The Balaban J connectivity index is 2.31. The van der Waals surface area contributed by atoms with E-state index in [2.05, 4.69) is 0 Å². The third kappa shape index (κ3) is 4.14. The van der Waals surface area contributed by atoms with Crippen molar-refractivity contribution in [1.29, 1.82) is 0 Å². The molecule has 0 aromatic heterocycles. The van der Waals surface area contributed by atoms with Crippen molar-refractivity contribution in [2.24, 2.45) is 0 Å². The van der Waals surface area contributed by atoms with Gasteiger partial charge in [0.05, 0.1) is 17.2 Å². The van der Waals surface area contributed by atoms with Gasteiger partial charge in [0.1, 0.15) is 11.6 Å². The Hall–Kier alpha value is -1.46. The molecule has 2 rings (SSSR count). The molecule has 2 atom stereocenters. The first-order valence-corrected chi connectivity index (χ1v) is 8.42. The number of nitrogens with zero attached hydrogens (tertiary/aromatic N) is 1. The maximum atomic E-state index is 12.4. The highest BCUT2D eigenvalue weighted by Gasteiger charge is 2.44. The Morgan fingerprint density at radius 1 is 1.21 bits per heavy atom. The highest BCUT2D eigenvalue weighted by molar-refractivity contribution is 6.42. The molecular formula is C17H21Cl2NO4. The summed E-state index contributed by atoms with van der Waals surface area (Å²) in [6.45, 7) is 5.75. The van der Waals surface area contributed by atoms with Gasteiger partial charge in [-0.3, -0.25) is 4.90 Å². The van der Waals surface area contributed by atoms with Crippen LogP contribution in [0.25, 0.3) is 0 Å². The van der Waals surface area contributed by atoms with E-state index in [-0.39, 0.29) is 5.92 Å². The first-order valence-electron chi connectivity index (χ1n) is 7.66. The second-order valence-corrected chi connectivity index (χ2v) is 7.52. The normalized spacial score (nSPS) is 20.8. The summed E-state index contributed by atoms with van der Waals surface area (Å²) in [5, 5.41) is 0.852. The minimum absolute atomic E-state index is 0.222. The molecule has 0 unspecified atom stereocenters. The van der Waals surface area contributed by atoms with Gasteiger partial charge in [0.25, 0.3) is 0 Å². The summed E-state index contributed by atoms with van der Waals surface area (Å²) in [5.41, 5.74) is 0.199. The average Bonchev–Trinajstić information content (AvgIpc) is 2.92. The quantitative estimate of drug-likeness (QED) is 0.726. The number of methoxy groups -OCH3 is 1. The third-order valence-electron chi connectivity index (χ3n) is 3.84. The van der Waals surface area contributed by atoms with E-state index in [1.54, 1.807) is 32.9 Å². The summed E-state index contributed by atoms with van der Waals surface area (Å²) < 4.78 is 10.3. The number of hydrogen-bond donors (Lipinski definition) is 0. The molecule has 7 heteroatoms. The molecule has 1 aliphatic heterocycles. The lowest BCUT2D eigenvalue weighted by molar-refractivity contribution is -0.146. The predicted molar refractivity (Wildman–Crippen MR) is 92.6 cm³/mol. The molecule has 1 saturated heterocycles. The maximum absolute atomic E-state index is 12.4. The molecule has 0 N–H and O–H groups in total. The van der Waals surface area contributed by atoms with Crippen molar-refractivity contribution in [3.05, 3.63) is 33.8 Å². The first kappa shape index (κ1) is 18.9. The van der Waals surface area contributed by atoms with Gasteiger partial charge in [0.15, 0.2) is 0 Å². The summed E-state index contributed by atoms with van der Waals surface area (Å²) in [6, 6.07) is 4.47. The van der Waals surface area contributed by atoms with Gasteiger partial charge in [-0.1, -0.05) is 29.3 Å². The van der Waals surface area contributed by atoms with Crippen LogP contribution in [0.1, 0.15) is 38.7 Å². The molecule has 24 heavy (non-hydrogen) atoms. The molecule has 132 valence electrons. The number of benzene rings is 1. The lowest BCUT2D eigenvalue weighted by atomic mass is 9.92. The Bertz CT molecular complexity index is 642. The second kappa shape index (κ2) is 7.19. The molecule has 5 nitrogen and oxygen atoms in total. The van der Waals surface area contributed by atoms with Gasteiger partial charge in [-0.15, -0.1) is 0 Å². The molecule has 1 aromatic carbocycles. The fraction of sp³-hybridized carbons (Fsp3) is 0.529. The molecule has 1 fully saturated rings. The number of halogens is 2. The SMILES string of the molecule is COC(=O)[C@H]1[C@H](c2ccc(Cl)c(Cl)c2)CCN1C(=O)OC(C)(C)C. The molecule has 0 spiro atoms.